The fourth-order valence-corrected chi connectivity index (χ4v) is 4.16. The Morgan fingerprint density at radius 3 is 2.18 bits per heavy atom. The third-order valence-electron chi connectivity index (χ3n) is 6.17. The molecule has 0 atom stereocenters. The maximum Gasteiger partial charge on any atom is 0.437 e. The van der Waals surface area contributed by atoms with Crippen molar-refractivity contribution in [3.05, 3.63) is 77.9 Å². The van der Waals surface area contributed by atoms with Gasteiger partial charge < -0.3 is 0 Å². The number of carbonyl (C=O) groups excluding carboxylic acids is 1. The van der Waals surface area contributed by atoms with Crippen molar-refractivity contribution in [1.29, 1.82) is 0 Å². The molecule has 0 saturated carbocycles. The molecule has 0 radical (unpaired) electrons. The number of oxime groups is 1. The summed E-state index contributed by atoms with van der Waals surface area (Å²) in [6, 6.07) is 22.0. The van der Waals surface area contributed by atoms with Crippen LogP contribution in [-0.2, 0) is 4.84 Å². The Labute approximate surface area is 204 Å². The van der Waals surface area contributed by atoms with E-state index in [-0.39, 0.29) is 0 Å². The second-order valence-corrected chi connectivity index (χ2v) is 9.01. The van der Waals surface area contributed by atoms with Crippen LogP contribution in [0.5, 0.6) is 0 Å². The summed E-state index contributed by atoms with van der Waals surface area (Å²) in [5.41, 5.74) is 3.73. The molecule has 4 nitrogen and oxygen atoms in total. The molecule has 0 aliphatic rings. The van der Waals surface area contributed by atoms with Crippen LogP contribution in [0.15, 0.2) is 71.9 Å². The van der Waals surface area contributed by atoms with E-state index in [9.17, 15) is 4.79 Å². The van der Waals surface area contributed by atoms with Crippen LogP contribution >= 0.6 is 0 Å². The lowest BCUT2D eigenvalue weighted by molar-refractivity contribution is 0.166. The molecule has 0 heterocycles. The highest BCUT2D eigenvalue weighted by Crippen LogP contribution is 2.23. The largest absolute Gasteiger partial charge is 0.437 e. The fraction of sp³-hybridized carbons (Fsp3) is 0.400. The molecule has 3 aromatic rings. The van der Waals surface area contributed by atoms with Crippen molar-refractivity contribution in [2.24, 2.45) is 5.16 Å². The van der Waals surface area contributed by atoms with E-state index in [1.54, 1.807) is 0 Å². The van der Waals surface area contributed by atoms with Crippen molar-refractivity contribution >= 4 is 28.3 Å². The molecule has 0 aromatic heterocycles. The van der Waals surface area contributed by atoms with Crippen LogP contribution in [-0.4, -0.2) is 11.8 Å². The predicted molar refractivity (Wildman–Crippen MR) is 144 cm³/mol. The van der Waals surface area contributed by atoms with E-state index in [0.717, 1.165) is 34.9 Å². The Hall–Kier alpha value is -3.14. The standard InChI is InChI=1S/C30H38N2O2/c1-3-4-5-6-7-8-9-10-11-18-28(26-22-20-24(2)21-23-26)32-34-30(33)31-29-19-14-16-25-15-12-13-17-27(25)29/h12-17,19-23H,3-11,18H2,1-2H3,(H,31,33)/b32-28+. The average molecular weight is 459 g/mol. The first kappa shape index (κ1) is 25.5. The first-order valence-electron chi connectivity index (χ1n) is 12.8. The molecule has 0 saturated heterocycles. The zero-order valence-electron chi connectivity index (χ0n) is 20.7. The number of amides is 1. The van der Waals surface area contributed by atoms with Gasteiger partial charge in [-0.1, -0.05) is 130 Å². The number of anilines is 1. The molecule has 0 unspecified atom stereocenters. The maximum absolute atomic E-state index is 12.5. The molecule has 0 aliphatic carbocycles. The Kier molecular flexibility index (Phi) is 10.6. The van der Waals surface area contributed by atoms with Crippen molar-refractivity contribution < 1.29 is 9.63 Å². The molecule has 34 heavy (non-hydrogen) atoms. The number of hydrogen-bond acceptors (Lipinski definition) is 3. The van der Waals surface area contributed by atoms with Crippen LogP contribution in [0.4, 0.5) is 10.5 Å². The SMILES string of the molecule is CCCCCCCCCCC/C(=N\OC(=O)Nc1cccc2ccccc12)c1ccc(C)cc1. The number of benzene rings is 3. The van der Waals surface area contributed by atoms with E-state index in [2.05, 4.69) is 36.5 Å². The van der Waals surface area contributed by atoms with Gasteiger partial charge in [-0.05, 0) is 36.8 Å². The Morgan fingerprint density at radius 1 is 0.794 bits per heavy atom. The van der Waals surface area contributed by atoms with Crippen LogP contribution in [0.25, 0.3) is 10.8 Å². The van der Waals surface area contributed by atoms with E-state index in [1.165, 1.54) is 56.9 Å². The molecule has 1 amide bonds. The molecular weight excluding hydrogens is 420 g/mol. The van der Waals surface area contributed by atoms with Crippen molar-refractivity contribution in [3.8, 4) is 0 Å². The monoisotopic (exact) mass is 458 g/mol. The Balaban J connectivity index is 1.55. The third kappa shape index (κ3) is 8.33. The minimum atomic E-state index is -0.576. The Morgan fingerprint density at radius 2 is 1.44 bits per heavy atom. The lowest BCUT2D eigenvalue weighted by atomic mass is 10.0. The van der Waals surface area contributed by atoms with Crippen molar-refractivity contribution in [2.45, 2.75) is 78.1 Å². The van der Waals surface area contributed by atoms with Crippen LogP contribution < -0.4 is 5.32 Å². The number of fused-ring (bicyclic) bond motifs is 1. The number of hydrogen-bond donors (Lipinski definition) is 1. The highest BCUT2D eigenvalue weighted by atomic mass is 16.7. The lowest BCUT2D eigenvalue weighted by Crippen LogP contribution is -2.13. The van der Waals surface area contributed by atoms with E-state index in [0.29, 0.717) is 5.69 Å². The van der Waals surface area contributed by atoms with Gasteiger partial charge in [0.05, 0.1) is 11.4 Å². The topological polar surface area (TPSA) is 50.7 Å². The van der Waals surface area contributed by atoms with Gasteiger partial charge in [0.2, 0.25) is 0 Å². The summed E-state index contributed by atoms with van der Waals surface area (Å²) in [5, 5.41) is 9.15. The van der Waals surface area contributed by atoms with Crippen LogP contribution in [0.3, 0.4) is 0 Å². The van der Waals surface area contributed by atoms with Gasteiger partial charge in [-0.2, -0.15) is 0 Å². The van der Waals surface area contributed by atoms with Crippen LogP contribution in [0, 0.1) is 6.92 Å². The molecule has 1 N–H and O–H groups in total. The number of carbonyl (C=O) groups is 1. The summed E-state index contributed by atoms with van der Waals surface area (Å²) in [4.78, 5) is 17.8. The smallest absolute Gasteiger partial charge is 0.297 e. The molecular formula is C30H38N2O2. The van der Waals surface area contributed by atoms with E-state index >= 15 is 0 Å². The molecule has 3 rings (SSSR count). The van der Waals surface area contributed by atoms with E-state index in [4.69, 9.17) is 4.84 Å². The zero-order valence-corrected chi connectivity index (χ0v) is 20.7. The van der Waals surface area contributed by atoms with Crippen molar-refractivity contribution in [1.82, 2.24) is 0 Å². The molecule has 0 aliphatic heterocycles. The Bertz CT molecular complexity index is 1050. The number of unbranched alkanes of at least 4 members (excludes halogenated alkanes) is 8. The summed E-state index contributed by atoms with van der Waals surface area (Å²) in [5.74, 6) is 0. The summed E-state index contributed by atoms with van der Waals surface area (Å²) >= 11 is 0. The van der Waals surface area contributed by atoms with Gasteiger partial charge in [0.25, 0.3) is 0 Å². The number of nitrogens with one attached hydrogen (secondary N) is 1. The van der Waals surface area contributed by atoms with Crippen molar-refractivity contribution in [3.63, 3.8) is 0 Å². The van der Waals surface area contributed by atoms with Gasteiger partial charge in [0.1, 0.15) is 0 Å². The van der Waals surface area contributed by atoms with Gasteiger partial charge in [0.15, 0.2) is 0 Å². The highest BCUT2D eigenvalue weighted by Gasteiger charge is 2.10. The highest BCUT2D eigenvalue weighted by molar-refractivity contribution is 6.02. The first-order valence-corrected chi connectivity index (χ1v) is 12.8. The average Bonchev–Trinajstić information content (AvgIpc) is 2.86. The zero-order chi connectivity index (χ0) is 24.0. The van der Waals surface area contributed by atoms with E-state index < -0.39 is 6.09 Å². The minimum absolute atomic E-state index is 0.576. The van der Waals surface area contributed by atoms with Gasteiger partial charge in [0, 0.05) is 5.39 Å². The van der Waals surface area contributed by atoms with Gasteiger partial charge >= 0.3 is 6.09 Å². The molecule has 4 heteroatoms. The molecule has 0 bridgehead atoms. The molecule has 0 spiro atoms. The van der Waals surface area contributed by atoms with Gasteiger partial charge in [-0.25, -0.2) is 4.79 Å². The molecule has 0 fully saturated rings. The van der Waals surface area contributed by atoms with E-state index in [1.807, 2.05) is 54.6 Å². The number of rotatable bonds is 13. The quantitative estimate of drug-likeness (QED) is 0.120. The maximum atomic E-state index is 12.5. The third-order valence-corrected chi connectivity index (χ3v) is 6.17. The summed E-state index contributed by atoms with van der Waals surface area (Å²) in [7, 11) is 0. The second-order valence-electron chi connectivity index (χ2n) is 9.01. The lowest BCUT2D eigenvalue weighted by Gasteiger charge is -2.09. The normalized spacial score (nSPS) is 11.5. The summed E-state index contributed by atoms with van der Waals surface area (Å²) < 4.78 is 0. The van der Waals surface area contributed by atoms with Gasteiger partial charge in [-0.15, -0.1) is 0 Å². The molecule has 180 valence electrons. The molecule has 3 aromatic carbocycles. The van der Waals surface area contributed by atoms with Crippen LogP contribution in [0.1, 0.15) is 82.3 Å². The van der Waals surface area contributed by atoms with Crippen molar-refractivity contribution in [2.75, 3.05) is 5.32 Å². The fourth-order valence-electron chi connectivity index (χ4n) is 4.16. The number of aryl methyl sites for hydroxylation is 1. The summed E-state index contributed by atoms with van der Waals surface area (Å²) in [6.07, 6.45) is 11.7. The summed E-state index contributed by atoms with van der Waals surface area (Å²) in [6.45, 7) is 4.32. The second kappa shape index (κ2) is 14.2. The van der Waals surface area contributed by atoms with Crippen LogP contribution in [0.2, 0.25) is 0 Å². The first-order chi connectivity index (χ1) is 16.7. The predicted octanol–water partition coefficient (Wildman–Crippen LogP) is 9.02. The minimum Gasteiger partial charge on any atom is -0.297 e. The van der Waals surface area contributed by atoms with Gasteiger partial charge in [-0.3, -0.25) is 10.2 Å². The number of nitrogens with zero attached hydrogens (tertiary/aromatic N) is 1.